The van der Waals surface area contributed by atoms with Crippen LogP contribution in [0.4, 0.5) is 0 Å². The molecule has 1 aromatic carbocycles. The molecule has 0 aliphatic carbocycles. The van der Waals surface area contributed by atoms with E-state index in [1.807, 2.05) is 30.5 Å². The van der Waals surface area contributed by atoms with Crippen LogP contribution in [0.15, 0.2) is 30.5 Å². The second-order valence-electron chi connectivity index (χ2n) is 6.24. The van der Waals surface area contributed by atoms with E-state index in [0.29, 0.717) is 6.54 Å². The van der Waals surface area contributed by atoms with Crippen LogP contribution in [0.3, 0.4) is 0 Å². The Morgan fingerprint density at radius 3 is 2.88 bits per heavy atom. The molecule has 130 valence electrons. The average molecular weight is 338 g/mol. The molecule has 7 nitrogen and oxygen atoms in total. The number of nitrogens with one attached hydrogen (secondary N) is 2. The van der Waals surface area contributed by atoms with Crippen molar-refractivity contribution in [3.8, 4) is 17.0 Å². The molecule has 4 rings (SSSR count). The van der Waals surface area contributed by atoms with Gasteiger partial charge in [-0.25, -0.2) is 0 Å². The van der Waals surface area contributed by atoms with Gasteiger partial charge in [-0.3, -0.25) is 5.10 Å². The first-order valence-corrected chi connectivity index (χ1v) is 8.63. The SMILES string of the molecule is COc1ccc(-c2[nH]ncc2CNCc2nnc3n2CCCC3)cc1. The minimum atomic E-state index is 0.709. The van der Waals surface area contributed by atoms with Gasteiger partial charge < -0.3 is 14.6 Å². The normalized spacial score (nSPS) is 13.6. The summed E-state index contributed by atoms with van der Waals surface area (Å²) in [5.74, 6) is 2.98. The summed E-state index contributed by atoms with van der Waals surface area (Å²) >= 11 is 0. The number of aromatic amines is 1. The molecule has 0 amide bonds. The minimum absolute atomic E-state index is 0.709. The standard InChI is InChI=1S/C18H22N6O/c1-25-15-7-5-13(6-8-15)18-14(11-20-23-18)10-19-12-17-22-21-16-4-2-3-9-24(16)17/h5-8,11,19H,2-4,9-10,12H2,1H3,(H,20,23). The second kappa shape index (κ2) is 7.06. The van der Waals surface area contributed by atoms with Crippen molar-refractivity contribution in [2.75, 3.05) is 7.11 Å². The number of fused-ring (bicyclic) bond motifs is 1. The summed E-state index contributed by atoms with van der Waals surface area (Å²) in [5.41, 5.74) is 3.25. The Kier molecular flexibility index (Phi) is 4.47. The third kappa shape index (κ3) is 3.28. The summed E-state index contributed by atoms with van der Waals surface area (Å²) in [4.78, 5) is 0. The Bertz CT molecular complexity index is 836. The number of hydrogen-bond acceptors (Lipinski definition) is 5. The van der Waals surface area contributed by atoms with E-state index in [-0.39, 0.29) is 0 Å². The number of ether oxygens (including phenoxy) is 1. The van der Waals surface area contributed by atoms with E-state index in [4.69, 9.17) is 4.74 Å². The van der Waals surface area contributed by atoms with Gasteiger partial charge in [-0.2, -0.15) is 5.10 Å². The molecule has 0 fully saturated rings. The predicted molar refractivity (Wildman–Crippen MR) is 94.1 cm³/mol. The molecule has 0 saturated heterocycles. The summed E-state index contributed by atoms with van der Waals surface area (Å²) in [6, 6.07) is 7.97. The Morgan fingerprint density at radius 1 is 1.16 bits per heavy atom. The van der Waals surface area contributed by atoms with E-state index in [0.717, 1.165) is 53.7 Å². The number of rotatable bonds is 6. The maximum Gasteiger partial charge on any atom is 0.147 e. The Labute approximate surface area is 146 Å². The molecular weight excluding hydrogens is 316 g/mol. The van der Waals surface area contributed by atoms with Gasteiger partial charge in [-0.1, -0.05) is 0 Å². The molecule has 2 N–H and O–H groups in total. The van der Waals surface area contributed by atoms with Crippen LogP contribution in [0.25, 0.3) is 11.3 Å². The topological polar surface area (TPSA) is 80.7 Å². The Balaban J connectivity index is 1.42. The lowest BCUT2D eigenvalue weighted by Crippen LogP contribution is -2.19. The van der Waals surface area contributed by atoms with Gasteiger partial charge in [0.15, 0.2) is 0 Å². The second-order valence-corrected chi connectivity index (χ2v) is 6.24. The number of aromatic nitrogens is 5. The molecule has 1 aliphatic rings. The van der Waals surface area contributed by atoms with Crippen LogP contribution in [0.2, 0.25) is 0 Å². The maximum atomic E-state index is 5.22. The zero-order chi connectivity index (χ0) is 17.1. The maximum absolute atomic E-state index is 5.22. The quantitative estimate of drug-likeness (QED) is 0.721. The molecule has 1 aliphatic heterocycles. The largest absolute Gasteiger partial charge is 0.497 e. The third-order valence-corrected chi connectivity index (χ3v) is 4.63. The molecule has 25 heavy (non-hydrogen) atoms. The number of aryl methyl sites for hydroxylation is 1. The highest BCUT2D eigenvalue weighted by Gasteiger charge is 2.15. The third-order valence-electron chi connectivity index (χ3n) is 4.63. The number of hydrogen-bond donors (Lipinski definition) is 2. The molecular formula is C18H22N6O. The van der Waals surface area contributed by atoms with Gasteiger partial charge in [0.25, 0.3) is 0 Å². The summed E-state index contributed by atoms with van der Waals surface area (Å²) < 4.78 is 7.46. The van der Waals surface area contributed by atoms with E-state index in [1.54, 1.807) is 7.11 Å². The summed E-state index contributed by atoms with van der Waals surface area (Å²) in [6.45, 7) is 2.46. The smallest absolute Gasteiger partial charge is 0.147 e. The fourth-order valence-corrected chi connectivity index (χ4v) is 3.26. The lowest BCUT2D eigenvalue weighted by atomic mass is 10.1. The molecule has 0 saturated carbocycles. The molecule has 0 unspecified atom stereocenters. The van der Waals surface area contributed by atoms with E-state index in [9.17, 15) is 0 Å². The number of H-pyrrole nitrogens is 1. The van der Waals surface area contributed by atoms with E-state index in [2.05, 4.69) is 30.3 Å². The summed E-state index contributed by atoms with van der Waals surface area (Å²) in [7, 11) is 1.67. The average Bonchev–Trinajstić information content (AvgIpc) is 3.29. The summed E-state index contributed by atoms with van der Waals surface area (Å²) in [5, 5.41) is 19.4. The molecule has 3 heterocycles. The van der Waals surface area contributed by atoms with Crippen molar-refractivity contribution < 1.29 is 4.74 Å². The number of nitrogens with zero attached hydrogens (tertiary/aromatic N) is 4. The molecule has 0 bridgehead atoms. The van der Waals surface area contributed by atoms with Crippen LogP contribution < -0.4 is 10.1 Å². The van der Waals surface area contributed by atoms with E-state index in [1.165, 1.54) is 12.8 Å². The van der Waals surface area contributed by atoms with Crippen molar-refractivity contribution in [2.45, 2.75) is 38.9 Å². The summed E-state index contributed by atoms with van der Waals surface area (Å²) in [6.07, 6.45) is 5.33. The zero-order valence-corrected chi connectivity index (χ0v) is 14.3. The number of benzene rings is 1. The fourth-order valence-electron chi connectivity index (χ4n) is 3.26. The van der Waals surface area contributed by atoms with Gasteiger partial charge in [0.05, 0.1) is 25.5 Å². The van der Waals surface area contributed by atoms with Crippen molar-refractivity contribution in [2.24, 2.45) is 0 Å². The van der Waals surface area contributed by atoms with Crippen molar-refractivity contribution in [3.05, 3.63) is 47.7 Å². The highest BCUT2D eigenvalue weighted by molar-refractivity contribution is 5.63. The van der Waals surface area contributed by atoms with E-state index >= 15 is 0 Å². The van der Waals surface area contributed by atoms with Gasteiger partial charge in [0.1, 0.15) is 17.4 Å². The van der Waals surface area contributed by atoms with Crippen LogP contribution in [-0.2, 0) is 26.1 Å². The van der Waals surface area contributed by atoms with E-state index < -0.39 is 0 Å². The molecule has 0 atom stereocenters. The molecule has 2 aromatic heterocycles. The molecule has 0 radical (unpaired) electrons. The Morgan fingerprint density at radius 2 is 2.04 bits per heavy atom. The monoisotopic (exact) mass is 338 g/mol. The first-order chi connectivity index (χ1) is 12.3. The van der Waals surface area contributed by atoms with Crippen molar-refractivity contribution in [1.29, 1.82) is 0 Å². The van der Waals surface area contributed by atoms with Gasteiger partial charge in [0.2, 0.25) is 0 Å². The predicted octanol–water partition coefficient (Wildman–Crippen LogP) is 2.30. The van der Waals surface area contributed by atoms with Gasteiger partial charge in [-0.05, 0) is 37.1 Å². The molecule has 3 aromatic rings. The van der Waals surface area contributed by atoms with Crippen LogP contribution in [-0.4, -0.2) is 32.1 Å². The molecule has 7 heteroatoms. The van der Waals surface area contributed by atoms with Crippen molar-refractivity contribution >= 4 is 0 Å². The highest BCUT2D eigenvalue weighted by Crippen LogP contribution is 2.23. The minimum Gasteiger partial charge on any atom is -0.497 e. The van der Waals surface area contributed by atoms with Crippen molar-refractivity contribution in [1.82, 2.24) is 30.3 Å². The van der Waals surface area contributed by atoms with Gasteiger partial charge in [-0.15, -0.1) is 10.2 Å². The van der Waals surface area contributed by atoms with Gasteiger partial charge >= 0.3 is 0 Å². The van der Waals surface area contributed by atoms with Crippen LogP contribution in [0.5, 0.6) is 5.75 Å². The van der Waals surface area contributed by atoms with Crippen LogP contribution in [0, 0.1) is 0 Å². The lowest BCUT2D eigenvalue weighted by Gasteiger charge is -2.14. The van der Waals surface area contributed by atoms with Crippen molar-refractivity contribution in [3.63, 3.8) is 0 Å². The first-order valence-electron chi connectivity index (χ1n) is 8.63. The lowest BCUT2D eigenvalue weighted by molar-refractivity contribution is 0.415. The molecule has 0 spiro atoms. The van der Waals surface area contributed by atoms with Crippen LogP contribution in [0.1, 0.15) is 30.1 Å². The van der Waals surface area contributed by atoms with Crippen LogP contribution >= 0.6 is 0 Å². The Hall–Kier alpha value is -2.67. The number of methoxy groups -OCH3 is 1. The highest BCUT2D eigenvalue weighted by atomic mass is 16.5. The zero-order valence-electron chi connectivity index (χ0n) is 14.3. The first kappa shape index (κ1) is 15.8. The fraction of sp³-hybridized carbons (Fsp3) is 0.389. The van der Waals surface area contributed by atoms with Gasteiger partial charge in [0, 0.05) is 30.6 Å².